The van der Waals surface area contributed by atoms with E-state index < -0.39 is 0 Å². The first-order valence-corrected chi connectivity index (χ1v) is 10.9. The van der Waals surface area contributed by atoms with Gasteiger partial charge >= 0.3 is 0 Å². The smallest absolute Gasteiger partial charge is 0.247 e. The zero-order valence-electron chi connectivity index (χ0n) is 15.4. The largest absolute Gasteiger partial charge is 0.331 e. The second-order valence-electron chi connectivity index (χ2n) is 6.44. The Hall–Kier alpha value is -2.65. The second-order valence-corrected chi connectivity index (χ2v) is 8.36. The molecular weight excluding hydrogens is 392 g/mol. The van der Waals surface area contributed by atoms with Gasteiger partial charge in [0.15, 0.2) is 5.13 Å². The van der Waals surface area contributed by atoms with Gasteiger partial charge < -0.3 is 10.2 Å². The average Bonchev–Trinajstić information content (AvgIpc) is 3.36. The molecule has 144 valence electrons. The highest BCUT2D eigenvalue weighted by Crippen LogP contribution is 2.33. The van der Waals surface area contributed by atoms with Gasteiger partial charge in [0, 0.05) is 35.8 Å². The molecule has 0 aromatic carbocycles. The van der Waals surface area contributed by atoms with Crippen LogP contribution in [0.3, 0.4) is 0 Å². The minimum atomic E-state index is -0.00781. The van der Waals surface area contributed by atoms with Crippen LogP contribution in [0.4, 0.5) is 11.1 Å². The van der Waals surface area contributed by atoms with Crippen LogP contribution in [0.15, 0.2) is 35.3 Å². The molecule has 3 aromatic rings. The molecule has 0 saturated carbocycles. The molecule has 0 unspecified atom stereocenters. The van der Waals surface area contributed by atoms with Gasteiger partial charge in [0.25, 0.3) is 0 Å². The number of aromatic nitrogens is 4. The molecule has 1 aliphatic heterocycles. The lowest BCUT2D eigenvalue weighted by molar-refractivity contribution is -0.129. The van der Waals surface area contributed by atoms with Crippen LogP contribution >= 0.6 is 22.7 Å². The Morgan fingerprint density at radius 2 is 2.07 bits per heavy atom. The van der Waals surface area contributed by atoms with Gasteiger partial charge in [0.2, 0.25) is 11.9 Å². The molecule has 0 radical (unpaired) electrons. The molecule has 1 amide bonds. The van der Waals surface area contributed by atoms with E-state index in [0.29, 0.717) is 5.95 Å². The minimum absolute atomic E-state index is 0.00394. The van der Waals surface area contributed by atoms with Crippen molar-refractivity contribution < 1.29 is 4.79 Å². The lowest BCUT2D eigenvalue weighted by atomic mass is 10.00. The third kappa shape index (κ3) is 4.42. The number of nitrogens with one attached hydrogen (secondary N) is 1. The summed E-state index contributed by atoms with van der Waals surface area (Å²) in [6, 6.07) is 1.76. The number of hydrogen-bond acceptors (Lipinski definition) is 8. The van der Waals surface area contributed by atoms with E-state index in [-0.39, 0.29) is 11.9 Å². The van der Waals surface area contributed by atoms with Crippen molar-refractivity contribution in [2.24, 2.45) is 0 Å². The van der Waals surface area contributed by atoms with Gasteiger partial charge in [-0.15, -0.1) is 22.7 Å². The van der Waals surface area contributed by atoms with Crippen LogP contribution in [0.25, 0.3) is 6.08 Å². The average molecular weight is 413 g/mol. The maximum absolute atomic E-state index is 12.8. The van der Waals surface area contributed by atoms with Crippen LogP contribution in [0.5, 0.6) is 0 Å². The number of carbonyl (C=O) groups is 1. The summed E-state index contributed by atoms with van der Waals surface area (Å²) < 4.78 is 0. The highest BCUT2D eigenvalue weighted by atomic mass is 32.1. The molecule has 9 heteroatoms. The van der Waals surface area contributed by atoms with Crippen LogP contribution in [0.2, 0.25) is 0 Å². The summed E-state index contributed by atoms with van der Waals surface area (Å²) in [6.45, 7) is 2.70. The van der Waals surface area contributed by atoms with E-state index in [1.165, 1.54) is 11.3 Å². The number of amides is 1. The van der Waals surface area contributed by atoms with E-state index >= 15 is 0 Å². The number of rotatable bonds is 5. The maximum atomic E-state index is 12.8. The summed E-state index contributed by atoms with van der Waals surface area (Å²) in [5, 5.41) is 8.80. The van der Waals surface area contributed by atoms with Crippen LogP contribution in [0.1, 0.15) is 41.7 Å². The Labute approximate surface area is 171 Å². The monoisotopic (exact) mass is 412 g/mol. The van der Waals surface area contributed by atoms with Crippen LogP contribution in [0, 0.1) is 6.92 Å². The Morgan fingerprint density at radius 1 is 1.21 bits per heavy atom. The van der Waals surface area contributed by atoms with Crippen molar-refractivity contribution in [3.05, 3.63) is 51.7 Å². The molecule has 1 N–H and O–H groups in total. The summed E-state index contributed by atoms with van der Waals surface area (Å²) in [7, 11) is 0. The van der Waals surface area contributed by atoms with E-state index in [1.807, 2.05) is 22.6 Å². The van der Waals surface area contributed by atoms with Gasteiger partial charge in [0.1, 0.15) is 0 Å². The molecule has 3 aromatic heterocycles. The highest BCUT2D eigenvalue weighted by Gasteiger charge is 2.28. The van der Waals surface area contributed by atoms with Crippen LogP contribution in [-0.2, 0) is 4.79 Å². The zero-order valence-corrected chi connectivity index (χ0v) is 17.0. The first kappa shape index (κ1) is 18.7. The Morgan fingerprint density at radius 3 is 2.86 bits per heavy atom. The predicted molar refractivity (Wildman–Crippen MR) is 112 cm³/mol. The summed E-state index contributed by atoms with van der Waals surface area (Å²) in [4.78, 5) is 32.1. The van der Waals surface area contributed by atoms with E-state index in [9.17, 15) is 4.79 Å². The van der Waals surface area contributed by atoms with Crippen LogP contribution < -0.4 is 5.32 Å². The van der Waals surface area contributed by atoms with Gasteiger partial charge in [0.05, 0.1) is 22.4 Å². The first-order valence-electron chi connectivity index (χ1n) is 9.09. The van der Waals surface area contributed by atoms with E-state index in [4.69, 9.17) is 0 Å². The van der Waals surface area contributed by atoms with Gasteiger partial charge in [-0.2, -0.15) is 0 Å². The SMILES string of the molecule is Cc1nc(/C=C/C(=O)N2CCCC[C@@H]2c2csc(Nc3ncccn3)n2)cs1. The summed E-state index contributed by atoms with van der Waals surface area (Å²) in [5.41, 5.74) is 1.74. The van der Waals surface area contributed by atoms with Gasteiger partial charge in [-0.25, -0.2) is 19.9 Å². The molecule has 4 heterocycles. The summed E-state index contributed by atoms with van der Waals surface area (Å²) >= 11 is 3.08. The second kappa shape index (κ2) is 8.57. The quantitative estimate of drug-likeness (QED) is 0.632. The van der Waals surface area contributed by atoms with Crippen LogP contribution in [-0.4, -0.2) is 37.3 Å². The molecule has 1 fully saturated rings. The van der Waals surface area contributed by atoms with E-state index in [1.54, 1.807) is 41.9 Å². The number of nitrogens with zero attached hydrogens (tertiary/aromatic N) is 5. The molecule has 7 nitrogen and oxygen atoms in total. The number of carbonyl (C=O) groups excluding carboxylic acids is 1. The topological polar surface area (TPSA) is 83.9 Å². The normalized spacial score (nSPS) is 17.2. The minimum Gasteiger partial charge on any atom is -0.331 e. The lowest BCUT2D eigenvalue weighted by Gasteiger charge is -2.34. The van der Waals surface area contributed by atoms with Crippen molar-refractivity contribution in [2.45, 2.75) is 32.2 Å². The van der Waals surface area contributed by atoms with E-state index in [2.05, 4.69) is 25.3 Å². The zero-order chi connectivity index (χ0) is 19.3. The number of anilines is 2. The van der Waals surface area contributed by atoms with Crippen molar-refractivity contribution in [3.63, 3.8) is 0 Å². The fourth-order valence-electron chi connectivity index (χ4n) is 3.17. The molecule has 4 rings (SSSR count). The number of hydrogen-bond donors (Lipinski definition) is 1. The molecule has 0 spiro atoms. The van der Waals surface area contributed by atoms with Crippen molar-refractivity contribution in [1.82, 2.24) is 24.8 Å². The summed E-state index contributed by atoms with van der Waals surface area (Å²) in [6.07, 6.45) is 9.79. The molecule has 1 aliphatic rings. The van der Waals surface area contributed by atoms with E-state index in [0.717, 1.165) is 47.3 Å². The van der Waals surface area contributed by atoms with Crippen molar-refractivity contribution >= 4 is 45.7 Å². The van der Waals surface area contributed by atoms with Gasteiger partial charge in [-0.3, -0.25) is 4.79 Å². The van der Waals surface area contributed by atoms with Crippen molar-refractivity contribution in [2.75, 3.05) is 11.9 Å². The number of aryl methyl sites for hydroxylation is 1. The summed E-state index contributed by atoms with van der Waals surface area (Å²) in [5.74, 6) is 0.519. The number of thiazole rings is 2. The molecule has 1 atom stereocenters. The molecule has 0 aliphatic carbocycles. The van der Waals surface area contributed by atoms with Crippen molar-refractivity contribution in [3.8, 4) is 0 Å². The Kier molecular flexibility index (Phi) is 5.73. The standard InChI is InChI=1S/C19H20N6OS2/c1-13-22-14(11-27-13)6-7-17(26)25-10-3-2-5-16(25)15-12-28-19(23-15)24-18-20-8-4-9-21-18/h4,6-9,11-12,16H,2-3,5,10H2,1H3,(H,20,21,23,24)/b7-6+/t16-/m1/s1. The van der Waals surface area contributed by atoms with Gasteiger partial charge in [-0.1, -0.05) is 0 Å². The highest BCUT2D eigenvalue weighted by molar-refractivity contribution is 7.13. The number of likely N-dealkylation sites (tertiary alicyclic amines) is 1. The molecule has 28 heavy (non-hydrogen) atoms. The Bertz CT molecular complexity index is 968. The molecular formula is C19H20N6OS2. The number of piperidine rings is 1. The fourth-order valence-corrected chi connectivity index (χ4v) is 4.50. The molecule has 0 bridgehead atoms. The maximum Gasteiger partial charge on any atom is 0.247 e. The Balaban J connectivity index is 1.47. The molecule has 1 saturated heterocycles. The lowest BCUT2D eigenvalue weighted by Crippen LogP contribution is -2.37. The van der Waals surface area contributed by atoms with Crippen molar-refractivity contribution in [1.29, 1.82) is 0 Å². The third-order valence-corrected chi connectivity index (χ3v) is 6.03. The first-order chi connectivity index (χ1) is 13.7. The predicted octanol–water partition coefficient (Wildman–Crippen LogP) is 4.21. The van der Waals surface area contributed by atoms with Gasteiger partial charge in [-0.05, 0) is 38.3 Å². The third-order valence-electron chi connectivity index (χ3n) is 4.47. The fraction of sp³-hybridized carbons (Fsp3) is 0.316.